The molecule has 4 aliphatic carbocycles. The van der Waals surface area contributed by atoms with Crippen LogP contribution in [-0.2, 0) is 19.1 Å². The van der Waals surface area contributed by atoms with Gasteiger partial charge in [0, 0.05) is 38.1 Å². The molecule has 4 aliphatic rings. The van der Waals surface area contributed by atoms with E-state index in [0.717, 1.165) is 37.0 Å². The average molecular weight is 488 g/mol. The van der Waals surface area contributed by atoms with Crippen LogP contribution >= 0.6 is 0 Å². The number of nitrogens with zero attached hydrogens (tertiary/aromatic N) is 1. The van der Waals surface area contributed by atoms with Crippen LogP contribution in [0.3, 0.4) is 0 Å². The average Bonchev–Trinajstić information content (AvgIpc) is 2.78. The van der Waals surface area contributed by atoms with E-state index < -0.39 is 29.7 Å². The molecule has 192 valence electrons. The van der Waals surface area contributed by atoms with Crippen LogP contribution in [0.25, 0.3) is 0 Å². The van der Waals surface area contributed by atoms with Gasteiger partial charge < -0.3 is 18.9 Å². The quantitative estimate of drug-likeness (QED) is 0.354. The van der Waals surface area contributed by atoms with E-state index >= 15 is 0 Å². The highest BCUT2D eigenvalue weighted by atomic mass is 16.6. The summed E-state index contributed by atoms with van der Waals surface area (Å²) < 4.78 is 22.3. The molecular formula is C27H37NO7. The van der Waals surface area contributed by atoms with Gasteiger partial charge in [0.15, 0.2) is 17.2 Å². The Balaban J connectivity index is 1.41. The molecule has 0 spiro atoms. The maximum atomic E-state index is 13.0. The first-order valence-electron chi connectivity index (χ1n) is 12.6. The number of esters is 2. The van der Waals surface area contributed by atoms with E-state index in [0.29, 0.717) is 0 Å². The fourth-order valence-electron chi connectivity index (χ4n) is 7.32. The topological polar surface area (TPSA) is 101 Å². The van der Waals surface area contributed by atoms with Gasteiger partial charge in [-0.1, -0.05) is 6.92 Å². The Hall–Kier alpha value is -2.48. The Morgan fingerprint density at radius 2 is 1.66 bits per heavy atom. The summed E-state index contributed by atoms with van der Waals surface area (Å²) in [5.74, 6) is 0.305. The number of hydrogen-bond donors (Lipinski definition) is 0. The number of ketones is 1. The molecule has 0 unspecified atom stereocenters. The number of pyridine rings is 1. The molecule has 0 saturated heterocycles. The number of aromatic nitrogens is 1. The minimum absolute atomic E-state index is 0.0392. The van der Waals surface area contributed by atoms with E-state index in [2.05, 4.69) is 4.98 Å². The fourth-order valence-corrected chi connectivity index (χ4v) is 7.32. The molecule has 0 aromatic carbocycles. The van der Waals surface area contributed by atoms with E-state index in [4.69, 9.17) is 18.9 Å². The van der Waals surface area contributed by atoms with Crippen molar-refractivity contribution in [3.8, 4) is 11.5 Å². The summed E-state index contributed by atoms with van der Waals surface area (Å²) in [6, 6.07) is 1.50. The van der Waals surface area contributed by atoms with Gasteiger partial charge in [-0.05, 0) is 63.2 Å². The van der Waals surface area contributed by atoms with Crippen molar-refractivity contribution in [3.63, 3.8) is 0 Å². The summed E-state index contributed by atoms with van der Waals surface area (Å²) in [5.41, 5.74) is 0.0293. The van der Waals surface area contributed by atoms with Gasteiger partial charge in [-0.2, -0.15) is 0 Å². The van der Waals surface area contributed by atoms with Crippen LogP contribution in [0.4, 0.5) is 0 Å². The second-order valence-corrected chi connectivity index (χ2v) is 10.9. The normalized spacial score (nSPS) is 29.2. The lowest BCUT2D eigenvalue weighted by molar-refractivity contribution is -0.186. The molecule has 1 aromatic rings. The highest BCUT2D eigenvalue weighted by Gasteiger charge is 2.56. The third kappa shape index (κ3) is 5.22. The monoisotopic (exact) mass is 487 g/mol. The van der Waals surface area contributed by atoms with Crippen molar-refractivity contribution < 1.29 is 33.3 Å². The van der Waals surface area contributed by atoms with Gasteiger partial charge in [0.25, 0.3) is 0 Å². The van der Waals surface area contributed by atoms with Crippen LogP contribution in [-0.4, -0.2) is 49.1 Å². The van der Waals surface area contributed by atoms with Crippen molar-refractivity contribution in [2.24, 2.45) is 29.1 Å². The van der Waals surface area contributed by atoms with E-state index in [1.165, 1.54) is 45.6 Å². The second kappa shape index (κ2) is 10.2. The first kappa shape index (κ1) is 25.6. The Morgan fingerprint density at radius 3 is 2.17 bits per heavy atom. The van der Waals surface area contributed by atoms with Gasteiger partial charge >= 0.3 is 11.9 Å². The highest BCUT2D eigenvalue weighted by Crippen LogP contribution is 2.62. The predicted molar refractivity (Wildman–Crippen MR) is 127 cm³/mol. The van der Waals surface area contributed by atoms with Gasteiger partial charge in [-0.25, -0.2) is 4.98 Å². The molecule has 0 N–H and O–H groups in total. The Bertz CT molecular complexity index is 939. The number of Topliss-reactive ketones (excluding diaryl/α,β-unsaturated/α-hetero) is 1. The first-order valence-corrected chi connectivity index (χ1v) is 12.6. The molecule has 0 radical (unpaired) electrons. The van der Waals surface area contributed by atoms with E-state index in [1.54, 1.807) is 14.0 Å². The van der Waals surface area contributed by atoms with Crippen molar-refractivity contribution in [1.82, 2.24) is 4.98 Å². The van der Waals surface area contributed by atoms with Gasteiger partial charge in [-0.3, -0.25) is 14.4 Å². The largest absolute Gasteiger partial charge is 0.493 e. The van der Waals surface area contributed by atoms with Crippen LogP contribution in [0.15, 0.2) is 12.3 Å². The molecule has 4 saturated carbocycles. The summed E-state index contributed by atoms with van der Waals surface area (Å²) in [4.78, 5) is 41.6. The Kier molecular flexibility index (Phi) is 7.50. The van der Waals surface area contributed by atoms with Crippen LogP contribution in [0.1, 0.15) is 76.2 Å². The fraction of sp³-hybridized carbons (Fsp3) is 0.704. The molecule has 0 aliphatic heterocycles. The van der Waals surface area contributed by atoms with Crippen molar-refractivity contribution >= 4 is 17.7 Å². The van der Waals surface area contributed by atoms with Crippen LogP contribution in [0.5, 0.6) is 11.5 Å². The standard InChI is InChI=1S/C27H37NO7/c1-15(8-21(30)23-24(35-17(3)29)22(32-4)6-7-28-23)26(31)34-16(2)25(33-5)27-12-18-9-19(13-27)11-20(10-18)14-27/h6-7,15-16,18-20,25H,8-14H2,1-5H3/t15-,16+,18?,19?,20?,25+,27?/m1/s1. The lowest BCUT2D eigenvalue weighted by Crippen LogP contribution is -2.55. The van der Waals surface area contributed by atoms with Crippen molar-refractivity contribution in [1.29, 1.82) is 0 Å². The SMILES string of the molecule is COc1ccnc(C(=O)C[C@@H](C)C(=O)O[C@@H](C)[C@H](OC)C23CC4CC(CC(C4)C2)C3)c1OC(C)=O. The van der Waals surface area contributed by atoms with Crippen molar-refractivity contribution in [3.05, 3.63) is 18.0 Å². The minimum Gasteiger partial charge on any atom is -0.493 e. The first-order chi connectivity index (χ1) is 16.7. The predicted octanol–water partition coefficient (Wildman–Crippen LogP) is 4.39. The van der Waals surface area contributed by atoms with Gasteiger partial charge in [0.05, 0.1) is 19.1 Å². The lowest BCUT2D eigenvalue weighted by atomic mass is 9.47. The third-order valence-corrected chi connectivity index (χ3v) is 8.16. The maximum Gasteiger partial charge on any atom is 0.309 e. The summed E-state index contributed by atoms with van der Waals surface area (Å²) >= 11 is 0. The lowest BCUT2D eigenvalue weighted by Gasteiger charge is -2.59. The number of hydrogen-bond acceptors (Lipinski definition) is 8. The molecule has 35 heavy (non-hydrogen) atoms. The zero-order chi connectivity index (χ0) is 25.3. The third-order valence-electron chi connectivity index (χ3n) is 8.16. The second-order valence-electron chi connectivity index (χ2n) is 10.9. The highest BCUT2D eigenvalue weighted by molar-refractivity contribution is 5.99. The van der Waals surface area contributed by atoms with Crippen LogP contribution in [0.2, 0.25) is 0 Å². The molecule has 4 bridgehead atoms. The van der Waals surface area contributed by atoms with E-state index in [1.807, 2.05) is 6.92 Å². The summed E-state index contributed by atoms with van der Waals surface area (Å²) in [7, 11) is 3.12. The number of methoxy groups -OCH3 is 2. The zero-order valence-corrected chi connectivity index (χ0v) is 21.4. The molecule has 4 fully saturated rings. The van der Waals surface area contributed by atoms with Crippen molar-refractivity contribution in [2.45, 2.75) is 77.9 Å². The maximum absolute atomic E-state index is 13.0. The Morgan fingerprint density at radius 1 is 1.06 bits per heavy atom. The summed E-state index contributed by atoms with van der Waals surface area (Å²) in [6.45, 7) is 4.80. The minimum atomic E-state index is -0.697. The van der Waals surface area contributed by atoms with Gasteiger partial charge in [-0.15, -0.1) is 0 Å². The van der Waals surface area contributed by atoms with E-state index in [-0.39, 0.29) is 35.1 Å². The number of carbonyl (C=O) groups is 3. The molecule has 8 heteroatoms. The molecular weight excluding hydrogens is 450 g/mol. The smallest absolute Gasteiger partial charge is 0.309 e. The number of ether oxygens (including phenoxy) is 4. The molecule has 8 nitrogen and oxygen atoms in total. The van der Waals surface area contributed by atoms with Crippen LogP contribution in [0, 0.1) is 29.1 Å². The van der Waals surface area contributed by atoms with E-state index in [9.17, 15) is 14.4 Å². The molecule has 1 heterocycles. The van der Waals surface area contributed by atoms with Crippen molar-refractivity contribution in [2.75, 3.05) is 14.2 Å². The Labute approximate surface area is 207 Å². The summed E-state index contributed by atoms with van der Waals surface area (Å²) in [5, 5.41) is 0. The van der Waals surface area contributed by atoms with Gasteiger partial charge in [0.1, 0.15) is 6.10 Å². The zero-order valence-electron chi connectivity index (χ0n) is 21.4. The molecule has 5 rings (SSSR count). The molecule has 0 amide bonds. The molecule has 1 aromatic heterocycles. The summed E-state index contributed by atoms with van der Waals surface area (Å²) in [6.07, 6.45) is 8.14. The van der Waals surface area contributed by atoms with Gasteiger partial charge in [0.2, 0.25) is 5.75 Å². The number of rotatable bonds is 10. The van der Waals surface area contributed by atoms with Crippen LogP contribution < -0.4 is 9.47 Å². The number of carbonyl (C=O) groups excluding carboxylic acids is 3. The molecule has 3 atom stereocenters.